The monoisotopic (exact) mass is 292 g/mol. The van der Waals surface area contributed by atoms with Gasteiger partial charge in [0.05, 0.1) is 0 Å². The third kappa shape index (κ3) is 1.90. The molecule has 1 saturated heterocycles. The van der Waals surface area contributed by atoms with Crippen LogP contribution in [0.3, 0.4) is 0 Å². The lowest BCUT2D eigenvalue weighted by Gasteiger charge is -2.25. The maximum atomic E-state index is 3.68. The van der Waals surface area contributed by atoms with Gasteiger partial charge in [0.25, 0.3) is 0 Å². The van der Waals surface area contributed by atoms with Gasteiger partial charge in [-0.05, 0) is 63.9 Å². The first-order valence-corrected chi connectivity index (χ1v) is 8.38. The highest BCUT2D eigenvalue weighted by molar-refractivity contribution is 6.08. The Labute approximate surface area is 132 Å². The van der Waals surface area contributed by atoms with Gasteiger partial charge in [0, 0.05) is 33.4 Å². The van der Waals surface area contributed by atoms with Gasteiger partial charge in [0.15, 0.2) is 0 Å². The fourth-order valence-electron chi connectivity index (χ4n) is 4.04. The Kier molecular flexibility index (Phi) is 3.05. The second-order valence-corrected chi connectivity index (χ2v) is 7.08. The molecule has 1 atom stereocenters. The van der Waals surface area contributed by atoms with E-state index in [0.717, 1.165) is 6.54 Å². The van der Waals surface area contributed by atoms with Crippen LogP contribution in [-0.4, -0.2) is 11.1 Å². The van der Waals surface area contributed by atoms with Crippen molar-refractivity contribution >= 4 is 21.8 Å². The molecule has 3 aromatic rings. The highest BCUT2D eigenvalue weighted by atomic mass is 15.0. The molecule has 1 aromatic heterocycles. The lowest BCUT2D eigenvalue weighted by molar-refractivity contribution is 0.435. The molecule has 1 aliphatic rings. The van der Waals surface area contributed by atoms with Crippen LogP contribution in [0.2, 0.25) is 0 Å². The van der Waals surface area contributed by atoms with E-state index in [4.69, 9.17) is 0 Å². The average molecular weight is 292 g/mol. The summed E-state index contributed by atoms with van der Waals surface area (Å²) in [6.45, 7) is 7.99. The van der Waals surface area contributed by atoms with Crippen molar-refractivity contribution in [2.45, 2.75) is 45.2 Å². The van der Waals surface area contributed by atoms with E-state index in [9.17, 15) is 0 Å². The number of hydrogen-bond acceptors (Lipinski definition) is 1. The second kappa shape index (κ2) is 4.85. The molecule has 2 aromatic carbocycles. The van der Waals surface area contributed by atoms with Crippen LogP contribution >= 0.6 is 0 Å². The van der Waals surface area contributed by atoms with Crippen LogP contribution in [0, 0.1) is 0 Å². The van der Waals surface area contributed by atoms with Crippen molar-refractivity contribution in [1.82, 2.24) is 9.88 Å². The Hall–Kier alpha value is -1.80. The lowest BCUT2D eigenvalue weighted by Crippen LogP contribution is -2.32. The summed E-state index contributed by atoms with van der Waals surface area (Å²) in [7, 11) is 0. The molecule has 0 saturated carbocycles. The van der Waals surface area contributed by atoms with Crippen molar-refractivity contribution in [1.29, 1.82) is 0 Å². The van der Waals surface area contributed by atoms with Crippen molar-refractivity contribution in [3.8, 4) is 0 Å². The summed E-state index contributed by atoms with van der Waals surface area (Å²) in [6, 6.07) is 16.3. The van der Waals surface area contributed by atoms with Gasteiger partial charge in [0.1, 0.15) is 0 Å². The second-order valence-electron chi connectivity index (χ2n) is 7.08. The Balaban J connectivity index is 2.02. The number of nitrogens with zero attached hydrogens (tertiary/aromatic N) is 1. The zero-order valence-corrected chi connectivity index (χ0v) is 13.7. The van der Waals surface area contributed by atoms with Crippen molar-refractivity contribution < 1.29 is 0 Å². The minimum atomic E-state index is 0.134. The van der Waals surface area contributed by atoms with E-state index in [-0.39, 0.29) is 5.54 Å². The molecule has 2 nitrogen and oxygen atoms in total. The summed E-state index contributed by atoms with van der Waals surface area (Å²) in [6.07, 6.45) is 2.49. The van der Waals surface area contributed by atoms with Crippen molar-refractivity contribution in [2.24, 2.45) is 0 Å². The SMILES string of the molecule is CC(C)n1c2ccccc2c2cc(C3(C)CCCN3)ccc21. The summed E-state index contributed by atoms with van der Waals surface area (Å²) >= 11 is 0. The number of benzene rings is 2. The van der Waals surface area contributed by atoms with Crippen molar-refractivity contribution in [3.63, 3.8) is 0 Å². The molecule has 1 aliphatic heterocycles. The van der Waals surface area contributed by atoms with E-state index in [1.165, 1.54) is 40.2 Å². The van der Waals surface area contributed by atoms with E-state index in [2.05, 4.69) is 73.1 Å². The predicted octanol–water partition coefficient (Wildman–Crippen LogP) is 4.97. The summed E-state index contributed by atoms with van der Waals surface area (Å²) < 4.78 is 2.46. The lowest BCUT2D eigenvalue weighted by atomic mass is 9.89. The van der Waals surface area contributed by atoms with Gasteiger partial charge in [-0.15, -0.1) is 0 Å². The molecule has 1 N–H and O–H groups in total. The molecule has 0 bridgehead atoms. The Bertz CT molecular complexity index is 835. The summed E-state index contributed by atoms with van der Waals surface area (Å²) in [4.78, 5) is 0. The first-order chi connectivity index (χ1) is 10.6. The van der Waals surface area contributed by atoms with E-state index < -0.39 is 0 Å². The molecule has 1 fully saturated rings. The van der Waals surface area contributed by atoms with Crippen LogP contribution in [0.4, 0.5) is 0 Å². The van der Waals surface area contributed by atoms with E-state index in [0.29, 0.717) is 6.04 Å². The van der Waals surface area contributed by atoms with Crippen LogP contribution in [0.5, 0.6) is 0 Å². The number of nitrogens with one attached hydrogen (secondary N) is 1. The molecular formula is C20H24N2. The number of fused-ring (bicyclic) bond motifs is 3. The number of para-hydroxylation sites is 1. The fourth-order valence-corrected chi connectivity index (χ4v) is 4.04. The molecule has 22 heavy (non-hydrogen) atoms. The molecule has 0 radical (unpaired) electrons. The smallest absolute Gasteiger partial charge is 0.0494 e. The Morgan fingerprint density at radius 3 is 2.55 bits per heavy atom. The van der Waals surface area contributed by atoms with Gasteiger partial charge in [0.2, 0.25) is 0 Å². The maximum absolute atomic E-state index is 3.68. The zero-order chi connectivity index (χ0) is 15.3. The standard InChI is InChI=1S/C20H24N2/c1-14(2)22-18-8-5-4-7-16(18)17-13-15(9-10-19(17)22)20(3)11-6-12-21-20/h4-5,7-10,13-14,21H,6,11-12H2,1-3H3. The molecule has 114 valence electrons. The average Bonchev–Trinajstić information content (AvgIpc) is 3.09. The first-order valence-electron chi connectivity index (χ1n) is 8.38. The zero-order valence-electron chi connectivity index (χ0n) is 13.7. The Morgan fingerprint density at radius 1 is 1.05 bits per heavy atom. The van der Waals surface area contributed by atoms with Gasteiger partial charge >= 0.3 is 0 Å². The van der Waals surface area contributed by atoms with Gasteiger partial charge in [-0.2, -0.15) is 0 Å². The van der Waals surface area contributed by atoms with E-state index >= 15 is 0 Å². The van der Waals surface area contributed by atoms with Crippen LogP contribution < -0.4 is 5.32 Å². The van der Waals surface area contributed by atoms with E-state index in [1.54, 1.807) is 0 Å². The van der Waals surface area contributed by atoms with Gasteiger partial charge in [-0.25, -0.2) is 0 Å². The largest absolute Gasteiger partial charge is 0.338 e. The number of aromatic nitrogens is 1. The van der Waals surface area contributed by atoms with Crippen LogP contribution in [0.1, 0.15) is 45.2 Å². The van der Waals surface area contributed by atoms with E-state index in [1.807, 2.05) is 0 Å². The first kappa shape index (κ1) is 13.8. The summed E-state index contributed by atoms with van der Waals surface area (Å²) in [5.74, 6) is 0. The highest BCUT2D eigenvalue weighted by Crippen LogP contribution is 2.36. The molecule has 0 spiro atoms. The summed E-state index contributed by atoms with van der Waals surface area (Å²) in [5, 5.41) is 6.44. The quantitative estimate of drug-likeness (QED) is 0.705. The maximum Gasteiger partial charge on any atom is 0.0494 e. The van der Waals surface area contributed by atoms with Crippen molar-refractivity contribution in [2.75, 3.05) is 6.54 Å². The minimum Gasteiger partial charge on any atom is -0.338 e. The number of rotatable bonds is 2. The molecule has 0 amide bonds. The number of hydrogen-bond donors (Lipinski definition) is 1. The molecule has 1 unspecified atom stereocenters. The summed E-state index contributed by atoms with van der Waals surface area (Å²) in [5.41, 5.74) is 4.25. The van der Waals surface area contributed by atoms with Crippen LogP contribution in [0.25, 0.3) is 21.8 Å². The molecule has 4 rings (SSSR count). The van der Waals surface area contributed by atoms with Gasteiger partial charge in [-0.1, -0.05) is 24.3 Å². The normalized spacial score (nSPS) is 22.2. The minimum absolute atomic E-state index is 0.134. The predicted molar refractivity (Wildman–Crippen MR) is 94.4 cm³/mol. The fraction of sp³-hybridized carbons (Fsp3) is 0.400. The molecule has 2 heteroatoms. The molecular weight excluding hydrogens is 268 g/mol. The van der Waals surface area contributed by atoms with Gasteiger partial charge < -0.3 is 9.88 Å². The Morgan fingerprint density at radius 2 is 1.82 bits per heavy atom. The van der Waals surface area contributed by atoms with Gasteiger partial charge in [-0.3, -0.25) is 0 Å². The highest BCUT2D eigenvalue weighted by Gasteiger charge is 2.30. The topological polar surface area (TPSA) is 17.0 Å². The third-order valence-electron chi connectivity index (χ3n) is 5.23. The molecule has 0 aliphatic carbocycles. The van der Waals surface area contributed by atoms with Crippen LogP contribution in [0.15, 0.2) is 42.5 Å². The van der Waals surface area contributed by atoms with Crippen LogP contribution in [-0.2, 0) is 5.54 Å². The third-order valence-corrected chi connectivity index (χ3v) is 5.23. The molecule has 2 heterocycles. The van der Waals surface area contributed by atoms with Crippen molar-refractivity contribution in [3.05, 3.63) is 48.0 Å².